The molecule has 5 rings (SSSR count). The van der Waals surface area contributed by atoms with Crippen LogP contribution >= 0.6 is 0 Å². The van der Waals surface area contributed by atoms with Gasteiger partial charge < -0.3 is 9.84 Å². The molecule has 2 aromatic heterocycles. The predicted octanol–water partition coefficient (Wildman–Crippen LogP) is 2.19. The van der Waals surface area contributed by atoms with Gasteiger partial charge in [0.05, 0.1) is 17.0 Å². The lowest BCUT2D eigenvalue weighted by Crippen LogP contribution is -2.14. The van der Waals surface area contributed by atoms with E-state index in [1.54, 1.807) is 0 Å². The molecule has 2 aliphatic carbocycles. The zero-order valence-electron chi connectivity index (χ0n) is 12.2. The largest absolute Gasteiger partial charge is 0.361 e. The van der Waals surface area contributed by atoms with Gasteiger partial charge in [-0.3, -0.25) is 4.68 Å². The van der Waals surface area contributed by atoms with Crippen LogP contribution < -0.4 is 5.32 Å². The predicted molar refractivity (Wildman–Crippen MR) is 77.8 cm³/mol. The van der Waals surface area contributed by atoms with Crippen molar-refractivity contribution in [2.24, 2.45) is 17.8 Å². The Bertz CT molecular complexity index is 674. The molecule has 2 saturated carbocycles. The number of fused-ring (bicyclic) bond motifs is 1. The van der Waals surface area contributed by atoms with Crippen molar-refractivity contribution in [3.05, 3.63) is 23.7 Å². The molecule has 3 aliphatic rings. The molecule has 1 saturated heterocycles. The minimum Gasteiger partial charge on any atom is -0.361 e. The first-order valence-electron chi connectivity index (χ1n) is 8.02. The second-order valence-electron chi connectivity index (χ2n) is 6.88. The van der Waals surface area contributed by atoms with Crippen molar-refractivity contribution >= 4 is 0 Å². The molecule has 3 heterocycles. The average molecular weight is 284 g/mol. The van der Waals surface area contributed by atoms with E-state index in [2.05, 4.69) is 27.4 Å². The Hall–Kier alpha value is -1.62. The van der Waals surface area contributed by atoms with Gasteiger partial charge in [-0.1, -0.05) is 5.16 Å². The summed E-state index contributed by atoms with van der Waals surface area (Å²) in [5.74, 6) is 3.82. The fourth-order valence-corrected chi connectivity index (χ4v) is 3.91. The third-order valence-electron chi connectivity index (χ3n) is 5.34. The van der Waals surface area contributed by atoms with Crippen LogP contribution in [0.1, 0.15) is 30.2 Å². The lowest BCUT2D eigenvalue weighted by atomic mass is 10.0. The Balaban J connectivity index is 1.47. The lowest BCUT2D eigenvalue weighted by Gasteiger charge is -2.03. The lowest BCUT2D eigenvalue weighted by molar-refractivity contribution is 0.388. The number of nitrogens with zero attached hydrogens (tertiary/aromatic N) is 3. The summed E-state index contributed by atoms with van der Waals surface area (Å²) in [6.07, 6.45) is 4.80. The van der Waals surface area contributed by atoms with Crippen molar-refractivity contribution in [3.63, 3.8) is 0 Å². The molecule has 1 aliphatic heterocycles. The summed E-state index contributed by atoms with van der Waals surface area (Å²) in [5, 5.41) is 12.6. The minimum absolute atomic E-state index is 0.576. The van der Waals surface area contributed by atoms with Crippen LogP contribution in [0.4, 0.5) is 0 Å². The van der Waals surface area contributed by atoms with Crippen LogP contribution in [0.2, 0.25) is 0 Å². The second kappa shape index (κ2) is 4.19. The van der Waals surface area contributed by atoms with E-state index in [0.29, 0.717) is 5.92 Å². The number of hydrogen-bond acceptors (Lipinski definition) is 4. The van der Waals surface area contributed by atoms with E-state index in [9.17, 15) is 0 Å². The molecule has 3 atom stereocenters. The third-order valence-corrected chi connectivity index (χ3v) is 5.34. The summed E-state index contributed by atoms with van der Waals surface area (Å²) in [6.45, 7) is 5.30. The first-order valence-corrected chi connectivity index (χ1v) is 8.02. The maximum atomic E-state index is 5.50. The maximum absolute atomic E-state index is 5.50. The van der Waals surface area contributed by atoms with Gasteiger partial charge in [0, 0.05) is 18.7 Å². The van der Waals surface area contributed by atoms with Crippen molar-refractivity contribution in [1.82, 2.24) is 20.3 Å². The number of hydrogen-bond donors (Lipinski definition) is 1. The van der Waals surface area contributed by atoms with E-state index in [1.807, 2.05) is 6.92 Å². The Kier molecular flexibility index (Phi) is 2.39. The van der Waals surface area contributed by atoms with Gasteiger partial charge in [-0.05, 0) is 56.7 Å². The van der Waals surface area contributed by atoms with Crippen LogP contribution in [0.15, 0.2) is 16.8 Å². The van der Waals surface area contributed by atoms with Crippen molar-refractivity contribution in [3.8, 4) is 11.3 Å². The van der Waals surface area contributed by atoms with Gasteiger partial charge in [0.1, 0.15) is 5.76 Å². The average Bonchev–Trinajstić information content (AvgIpc) is 3.21. The van der Waals surface area contributed by atoms with Crippen molar-refractivity contribution in [1.29, 1.82) is 0 Å². The molecule has 2 aromatic rings. The monoisotopic (exact) mass is 284 g/mol. The summed E-state index contributed by atoms with van der Waals surface area (Å²) in [5.41, 5.74) is 3.31. The standard InChI is InChI=1S/C16H20N4O/c1-9-14(13-4-5-20(18-13)8-10-2-3-10)16(19-21-9)15-11-6-17-7-12(11)15/h4-5,10-12,15,17H,2-3,6-8H2,1H3/t11-,12+,15?. The van der Waals surface area contributed by atoms with Gasteiger partial charge in [0.15, 0.2) is 0 Å². The number of aryl methyl sites for hydroxylation is 1. The molecule has 5 nitrogen and oxygen atoms in total. The molecular weight excluding hydrogens is 264 g/mol. The highest BCUT2D eigenvalue weighted by atomic mass is 16.5. The number of piperidine rings is 1. The van der Waals surface area contributed by atoms with Crippen molar-refractivity contribution < 1.29 is 4.52 Å². The molecule has 21 heavy (non-hydrogen) atoms. The molecule has 0 aromatic carbocycles. The molecule has 0 radical (unpaired) electrons. The first kappa shape index (κ1) is 12.0. The van der Waals surface area contributed by atoms with Crippen LogP contribution in [0, 0.1) is 24.7 Å². The minimum atomic E-state index is 0.576. The topological polar surface area (TPSA) is 55.9 Å². The Morgan fingerprint density at radius 1 is 1.33 bits per heavy atom. The Labute approximate surface area is 123 Å². The van der Waals surface area contributed by atoms with Gasteiger partial charge >= 0.3 is 0 Å². The highest BCUT2D eigenvalue weighted by Gasteiger charge is 2.56. The van der Waals surface area contributed by atoms with Crippen LogP contribution in [-0.4, -0.2) is 28.0 Å². The zero-order chi connectivity index (χ0) is 14.0. The van der Waals surface area contributed by atoms with Gasteiger partial charge in [0.25, 0.3) is 0 Å². The van der Waals surface area contributed by atoms with Crippen molar-refractivity contribution in [2.45, 2.75) is 32.2 Å². The molecule has 0 spiro atoms. The van der Waals surface area contributed by atoms with Crippen LogP contribution in [-0.2, 0) is 6.54 Å². The fourth-order valence-electron chi connectivity index (χ4n) is 3.91. The molecule has 0 amide bonds. The molecular formula is C16H20N4O. The second-order valence-corrected chi connectivity index (χ2v) is 6.88. The smallest absolute Gasteiger partial charge is 0.143 e. The highest BCUT2D eigenvalue weighted by Crippen LogP contribution is 2.57. The summed E-state index contributed by atoms with van der Waals surface area (Å²) >= 11 is 0. The van der Waals surface area contributed by atoms with Crippen LogP contribution in [0.5, 0.6) is 0 Å². The van der Waals surface area contributed by atoms with E-state index < -0.39 is 0 Å². The summed E-state index contributed by atoms with van der Waals surface area (Å²) in [6, 6.07) is 2.11. The normalized spacial score (nSPS) is 30.6. The molecule has 1 N–H and O–H groups in total. The van der Waals surface area contributed by atoms with E-state index in [-0.39, 0.29) is 0 Å². The van der Waals surface area contributed by atoms with Gasteiger partial charge in [-0.2, -0.15) is 5.10 Å². The van der Waals surface area contributed by atoms with E-state index in [4.69, 9.17) is 9.62 Å². The van der Waals surface area contributed by atoms with Crippen LogP contribution in [0.25, 0.3) is 11.3 Å². The quantitative estimate of drug-likeness (QED) is 0.935. The molecule has 1 unspecified atom stereocenters. The molecule has 0 bridgehead atoms. The molecule has 110 valence electrons. The summed E-state index contributed by atoms with van der Waals surface area (Å²) in [7, 11) is 0. The van der Waals surface area contributed by atoms with Gasteiger partial charge in [0.2, 0.25) is 0 Å². The van der Waals surface area contributed by atoms with E-state index >= 15 is 0 Å². The summed E-state index contributed by atoms with van der Waals surface area (Å²) < 4.78 is 7.58. The highest BCUT2D eigenvalue weighted by molar-refractivity contribution is 5.65. The number of nitrogens with one attached hydrogen (secondary N) is 1. The fraction of sp³-hybridized carbons (Fsp3) is 0.625. The van der Waals surface area contributed by atoms with Crippen molar-refractivity contribution in [2.75, 3.05) is 13.1 Å². The van der Waals surface area contributed by atoms with Gasteiger partial charge in [-0.15, -0.1) is 0 Å². The number of aromatic nitrogens is 3. The summed E-state index contributed by atoms with van der Waals surface area (Å²) in [4.78, 5) is 0. The SMILES string of the molecule is Cc1onc(C2[C@H]3CNC[C@@H]23)c1-c1ccn(CC2CC2)n1. The van der Waals surface area contributed by atoms with Crippen LogP contribution in [0.3, 0.4) is 0 Å². The van der Waals surface area contributed by atoms with E-state index in [0.717, 1.165) is 60.1 Å². The van der Waals surface area contributed by atoms with E-state index in [1.165, 1.54) is 12.8 Å². The molecule has 3 fully saturated rings. The zero-order valence-corrected chi connectivity index (χ0v) is 12.2. The maximum Gasteiger partial charge on any atom is 0.143 e. The number of rotatable bonds is 4. The molecule has 5 heteroatoms. The third kappa shape index (κ3) is 1.87. The first-order chi connectivity index (χ1) is 10.3. The van der Waals surface area contributed by atoms with Gasteiger partial charge in [-0.25, -0.2) is 0 Å². The Morgan fingerprint density at radius 3 is 2.90 bits per heavy atom. The Morgan fingerprint density at radius 2 is 2.14 bits per heavy atom.